The highest BCUT2D eigenvalue weighted by molar-refractivity contribution is 7.71. The van der Waals surface area contributed by atoms with Crippen LogP contribution in [0.3, 0.4) is 0 Å². The molecule has 3 rings (SSSR count). The highest BCUT2D eigenvalue weighted by atomic mass is 35.5. The largest absolute Gasteiger partial charge is 0.493 e. The molecule has 0 aliphatic heterocycles. The minimum Gasteiger partial charge on any atom is -0.493 e. The molecule has 6 nitrogen and oxygen atoms in total. The number of hydrogen-bond acceptors (Lipinski definition) is 5. The molecule has 1 aromatic heterocycles. The normalized spacial score (nSPS) is 10.6. The molecule has 0 aliphatic carbocycles. The van der Waals surface area contributed by atoms with Gasteiger partial charge in [0.05, 0.1) is 20.3 Å². The van der Waals surface area contributed by atoms with Gasteiger partial charge in [-0.05, 0) is 30.8 Å². The van der Waals surface area contributed by atoms with Gasteiger partial charge in [-0.2, -0.15) is 5.10 Å². The van der Waals surface area contributed by atoms with E-state index in [4.69, 9.17) is 33.3 Å². The first kappa shape index (κ1) is 18.3. The molecule has 0 bridgehead atoms. The molecule has 2 aromatic carbocycles. The number of methoxy groups -OCH3 is 1. The van der Waals surface area contributed by atoms with Crippen LogP contribution in [0.5, 0.6) is 11.5 Å². The molecule has 0 radical (unpaired) electrons. The summed E-state index contributed by atoms with van der Waals surface area (Å²) in [6.45, 7) is 2.89. The van der Waals surface area contributed by atoms with Gasteiger partial charge in [-0.1, -0.05) is 41.9 Å². The van der Waals surface area contributed by atoms with E-state index in [2.05, 4.69) is 15.6 Å². The van der Waals surface area contributed by atoms with E-state index < -0.39 is 0 Å². The fourth-order valence-corrected chi connectivity index (χ4v) is 2.95. The standard InChI is InChI=1S/C18H19ClN4O2S/c1-3-25-16-10-14(19)13(9-15(16)24-2)11-20-23-17(21-22-18(23)26)12-7-5-4-6-8-12/h4-10,20H,3,11H2,1-2H3,(H,22,26). The molecular formula is C18H19ClN4O2S. The van der Waals surface area contributed by atoms with Crippen molar-refractivity contribution in [2.24, 2.45) is 0 Å². The first-order chi connectivity index (χ1) is 12.6. The predicted octanol–water partition coefficient (Wildman–Crippen LogP) is 4.41. The monoisotopic (exact) mass is 390 g/mol. The Labute approximate surface area is 161 Å². The average molecular weight is 391 g/mol. The fraction of sp³-hybridized carbons (Fsp3) is 0.222. The Bertz CT molecular complexity index is 940. The number of hydrogen-bond donors (Lipinski definition) is 2. The van der Waals surface area contributed by atoms with Gasteiger partial charge in [-0.3, -0.25) is 0 Å². The maximum Gasteiger partial charge on any atom is 0.214 e. The zero-order valence-electron chi connectivity index (χ0n) is 14.5. The van der Waals surface area contributed by atoms with E-state index in [1.807, 2.05) is 43.3 Å². The lowest BCUT2D eigenvalue weighted by atomic mass is 10.2. The van der Waals surface area contributed by atoms with Crippen molar-refractivity contribution in [2.45, 2.75) is 13.5 Å². The summed E-state index contributed by atoms with van der Waals surface area (Å²) in [6, 6.07) is 13.4. The first-order valence-corrected chi connectivity index (χ1v) is 8.88. The molecule has 136 valence electrons. The molecule has 0 aliphatic rings. The minimum atomic E-state index is 0.440. The van der Waals surface area contributed by atoms with Crippen molar-refractivity contribution in [3.05, 3.63) is 57.8 Å². The van der Waals surface area contributed by atoms with Crippen LogP contribution >= 0.6 is 23.8 Å². The zero-order valence-corrected chi connectivity index (χ0v) is 16.0. The van der Waals surface area contributed by atoms with Gasteiger partial charge in [0.15, 0.2) is 17.3 Å². The Kier molecular flexibility index (Phi) is 5.80. The molecule has 2 N–H and O–H groups in total. The fourth-order valence-electron chi connectivity index (χ4n) is 2.53. The third-order valence-corrected chi connectivity index (χ3v) is 4.39. The quantitative estimate of drug-likeness (QED) is 0.585. The molecule has 0 amide bonds. The first-order valence-electron chi connectivity index (χ1n) is 8.10. The van der Waals surface area contributed by atoms with Gasteiger partial charge >= 0.3 is 0 Å². The summed E-state index contributed by atoms with van der Waals surface area (Å²) in [5.74, 6) is 1.95. The lowest BCUT2D eigenvalue weighted by Gasteiger charge is -2.15. The van der Waals surface area contributed by atoms with E-state index in [1.165, 1.54) is 0 Å². The van der Waals surface area contributed by atoms with Gasteiger partial charge in [-0.25, -0.2) is 9.77 Å². The van der Waals surface area contributed by atoms with Crippen molar-refractivity contribution >= 4 is 23.8 Å². The van der Waals surface area contributed by atoms with Crippen molar-refractivity contribution in [3.63, 3.8) is 0 Å². The third-order valence-electron chi connectivity index (χ3n) is 3.76. The van der Waals surface area contributed by atoms with Gasteiger partial charge in [0.25, 0.3) is 0 Å². The molecule has 8 heteroatoms. The van der Waals surface area contributed by atoms with Crippen LogP contribution in [0, 0.1) is 4.77 Å². The van der Waals surface area contributed by atoms with Crippen LogP contribution in [0.1, 0.15) is 12.5 Å². The second-order valence-electron chi connectivity index (χ2n) is 5.42. The molecule has 0 saturated heterocycles. The summed E-state index contributed by atoms with van der Waals surface area (Å²) < 4.78 is 13.1. The van der Waals surface area contributed by atoms with Crippen LogP contribution < -0.4 is 14.9 Å². The van der Waals surface area contributed by atoms with E-state index in [0.717, 1.165) is 11.1 Å². The number of nitrogens with one attached hydrogen (secondary N) is 2. The number of halogens is 1. The van der Waals surface area contributed by atoms with Crippen LogP contribution in [0.25, 0.3) is 11.4 Å². The van der Waals surface area contributed by atoms with Crippen molar-refractivity contribution in [1.29, 1.82) is 0 Å². The van der Waals surface area contributed by atoms with E-state index in [-0.39, 0.29) is 0 Å². The molecule has 0 fully saturated rings. The lowest BCUT2D eigenvalue weighted by molar-refractivity contribution is 0.310. The van der Waals surface area contributed by atoms with Crippen LogP contribution in [-0.2, 0) is 6.54 Å². The van der Waals surface area contributed by atoms with Crippen LogP contribution in [0.15, 0.2) is 42.5 Å². The second-order valence-corrected chi connectivity index (χ2v) is 6.21. The number of ether oxygens (including phenoxy) is 2. The molecule has 0 unspecified atom stereocenters. The number of aromatic nitrogens is 3. The topological polar surface area (TPSA) is 64.1 Å². The number of rotatable bonds is 7. The molecular weight excluding hydrogens is 372 g/mol. The average Bonchev–Trinajstić information content (AvgIpc) is 3.02. The van der Waals surface area contributed by atoms with Crippen LogP contribution in [0.4, 0.5) is 0 Å². The van der Waals surface area contributed by atoms with Crippen molar-refractivity contribution < 1.29 is 9.47 Å². The summed E-state index contributed by atoms with van der Waals surface area (Å²) >= 11 is 11.7. The summed E-state index contributed by atoms with van der Waals surface area (Å²) in [6.07, 6.45) is 0. The van der Waals surface area contributed by atoms with Gasteiger partial charge in [-0.15, -0.1) is 0 Å². The Balaban J connectivity index is 1.86. The molecule has 0 spiro atoms. The van der Waals surface area contributed by atoms with Crippen LogP contribution in [0.2, 0.25) is 5.02 Å². The number of nitrogens with zero attached hydrogens (tertiary/aromatic N) is 2. The highest BCUT2D eigenvalue weighted by Gasteiger charge is 2.12. The summed E-state index contributed by atoms with van der Waals surface area (Å²) in [5, 5.41) is 7.69. The smallest absolute Gasteiger partial charge is 0.214 e. The Hall–Kier alpha value is -2.51. The third kappa shape index (κ3) is 3.84. The Morgan fingerprint density at radius 3 is 2.69 bits per heavy atom. The maximum atomic E-state index is 6.40. The molecule has 0 atom stereocenters. The summed E-state index contributed by atoms with van der Waals surface area (Å²) in [7, 11) is 1.60. The van der Waals surface area contributed by atoms with Crippen LogP contribution in [-0.4, -0.2) is 28.6 Å². The van der Waals surface area contributed by atoms with E-state index in [1.54, 1.807) is 17.9 Å². The van der Waals surface area contributed by atoms with Gasteiger partial charge in [0, 0.05) is 16.7 Å². The highest BCUT2D eigenvalue weighted by Crippen LogP contribution is 2.33. The van der Waals surface area contributed by atoms with Gasteiger partial charge in [0.1, 0.15) is 0 Å². The van der Waals surface area contributed by atoms with Crippen molar-refractivity contribution in [1.82, 2.24) is 14.9 Å². The van der Waals surface area contributed by atoms with Gasteiger partial charge in [0.2, 0.25) is 4.77 Å². The molecule has 0 saturated carbocycles. The predicted molar refractivity (Wildman–Crippen MR) is 105 cm³/mol. The molecule has 3 aromatic rings. The Morgan fingerprint density at radius 1 is 1.23 bits per heavy atom. The summed E-state index contributed by atoms with van der Waals surface area (Å²) in [5.41, 5.74) is 5.06. The van der Waals surface area contributed by atoms with Crippen molar-refractivity contribution in [2.75, 3.05) is 19.1 Å². The SMILES string of the molecule is CCOc1cc(Cl)c(CNn2c(-c3ccccc3)n[nH]c2=S)cc1OC. The minimum absolute atomic E-state index is 0.440. The number of benzene rings is 2. The molecule has 1 heterocycles. The Morgan fingerprint density at radius 2 is 2.00 bits per heavy atom. The molecule has 26 heavy (non-hydrogen) atoms. The van der Waals surface area contributed by atoms with E-state index in [9.17, 15) is 0 Å². The van der Waals surface area contributed by atoms with E-state index in [0.29, 0.717) is 40.3 Å². The lowest BCUT2D eigenvalue weighted by Crippen LogP contribution is -2.16. The zero-order chi connectivity index (χ0) is 18.5. The summed E-state index contributed by atoms with van der Waals surface area (Å²) in [4.78, 5) is 0. The number of aromatic amines is 1. The maximum absolute atomic E-state index is 6.40. The second kappa shape index (κ2) is 8.25. The number of H-pyrrole nitrogens is 1. The van der Waals surface area contributed by atoms with Crippen molar-refractivity contribution in [3.8, 4) is 22.9 Å². The van der Waals surface area contributed by atoms with Gasteiger partial charge < -0.3 is 14.9 Å². The van der Waals surface area contributed by atoms with E-state index >= 15 is 0 Å².